The van der Waals surface area contributed by atoms with Crippen LogP contribution in [0.4, 0.5) is 13.2 Å². The summed E-state index contributed by atoms with van der Waals surface area (Å²) in [5, 5.41) is 9.47. The van der Waals surface area contributed by atoms with Crippen LogP contribution in [0, 0.1) is 6.92 Å². The molecule has 6 heteroatoms. The van der Waals surface area contributed by atoms with Crippen molar-refractivity contribution >= 4 is 5.97 Å². The molecule has 3 rings (SSSR count). The van der Waals surface area contributed by atoms with Crippen molar-refractivity contribution in [1.29, 1.82) is 0 Å². The van der Waals surface area contributed by atoms with Crippen molar-refractivity contribution in [3.8, 4) is 28.0 Å². The molecule has 0 aromatic heterocycles. The number of ether oxygens (including phenoxy) is 1. The largest absolute Gasteiger partial charge is 0.573 e. The van der Waals surface area contributed by atoms with Gasteiger partial charge in [-0.15, -0.1) is 13.2 Å². The summed E-state index contributed by atoms with van der Waals surface area (Å²) < 4.78 is 41.2. The predicted molar refractivity (Wildman–Crippen MR) is 105 cm³/mol. The van der Waals surface area contributed by atoms with Gasteiger partial charge in [0.2, 0.25) is 0 Å². The molecule has 0 fully saturated rings. The molecule has 0 aliphatic carbocycles. The SMILES string of the molecule is CCc1cccc(-c2ccc(-c3ccc(OC(F)(F)F)cc3C(=O)O)cc2C)c1. The molecule has 3 nitrogen and oxygen atoms in total. The topological polar surface area (TPSA) is 46.5 Å². The molecule has 3 aromatic carbocycles. The molecule has 0 aliphatic rings. The van der Waals surface area contributed by atoms with Crippen LogP contribution in [0.1, 0.15) is 28.4 Å². The molecular formula is C23H19F3O3. The van der Waals surface area contributed by atoms with Crippen LogP contribution in [0.25, 0.3) is 22.3 Å². The maximum absolute atomic E-state index is 12.4. The smallest absolute Gasteiger partial charge is 0.478 e. The molecule has 0 spiro atoms. The lowest BCUT2D eigenvalue weighted by Gasteiger charge is -2.14. The number of benzene rings is 3. The predicted octanol–water partition coefficient (Wildman–Crippen LogP) is 6.49. The molecule has 0 saturated carbocycles. The summed E-state index contributed by atoms with van der Waals surface area (Å²) in [6.45, 7) is 3.99. The molecule has 0 heterocycles. The third kappa shape index (κ3) is 4.77. The third-order valence-electron chi connectivity index (χ3n) is 4.64. The molecule has 3 aromatic rings. The Morgan fingerprint density at radius 1 is 0.966 bits per heavy atom. The number of carboxylic acids is 1. The minimum Gasteiger partial charge on any atom is -0.478 e. The Morgan fingerprint density at radius 2 is 1.66 bits per heavy atom. The number of aromatic carboxylic acids is 1. The van der Waals surface area contributed by atoms with Crippen molar-refractivity contribution in [2.45, 2.75) is 26.6 Å². The van der Waals surface area contributed by atoms with E-state index in [1.165, 1.54) is 11.6 Å². The summed E-state index contributed by atoms with van der Waals surface area (Å²) in [7, 11) is 0. The van der Waals surface area contributed by atoms with Crippen LogP contribution >= 0.6 is 0 Å². The maximum atomic E-state index is 12.4. The normalized spacial score (nSPS) is 11.3. The number of aryl methyl sites for hydroxylation is 2. The molecule has 0 bridgehead atoms. The quantitative estimate of drug-likeness (QED) is 0.533. The van der Waals surface area contributed by atoms with E-state index in [1.807, 2.05) is 31.2 Å². The maximum Gasteiger partial charge on any atom is 0.573 e. The summed E-state index contributed by atoms with van der Waals surface area (Å²) in [4.78, 5) is 11.6. The van der Waals surface area contributed by atoms with Crippen LogP contribution in [-0.2, 0) is 6.42 Å². The van der Waals surface area contributed by atoms with Gasteiger partial charge in [-0.25, -0.2) is 4.79 Å². The van der Waals surface area contributed by atoms with E-state index in [2.05, 4.69) is 23.8 Å². The van der Waals surface area contributed by atoms with Gasteiger partial charge in [-0.2, -0.15) is 0 Å². The first kappa shape index (κ1) is 20.5. The standard InChI is InChI=1S/C23H19F3O3/c1-3-15-5-4-6-16(12-15)19-9-7-17(11-14(19)2)20-10-8-18(29-23(24,25)26)13-21(20)22(27)28/h4-13H,3H2,1-2H3,(H,27,28). The number of rotatable bonds is 5. The van der Waals surface area contributed by atoms with Gasteiger partial charge in [-0.05, 0) is 64.9 Å². The molecule has 0 aliphatic heterocycles. The molecule has 0 radical (unpaired) electrons. The van der Waals surface area contributed by atoms with E-state index in [9.17, 15) is 23.1 Å². The van der Waals surface area contributed by atoms with Crippen LogP contribution in [0.15, 0.2) is 60.7 Å². The fourth-order valence-corrected chi connectivity index (χ4v) is 3.26. The first-order valence-corrected chi connectivity index (χ1v) is 9.01. The first-order valence-electron chi connectivity index (χ1n) is 9.01. The summed E-state index contributed by atoms with van der Waals surface area (Å²) in [5.74, 6) is -1.90. The van der Waals surface area contributed by atoms with E-state index >= 15 is 0 Å². The van der Waals surface area contributed by atoms with Crippen molar-refractivity contribution < 1.29 is 27.8 Å². The number of hydrogen-bond acceptors (Lipinski definition) is 2. The number of alkyl halides is 3. The number of carbonyl (C=O) groups is 1. The van der Waals surface area contributed by atoms with E-state index in [0.717, 1.165) is 35.2 Å². The number of hydrogen-bond donors (Lipinski definition) is 1. The van der Waals surface area contributed by atoms with Gasteiger partial charge in [0.1, 0.15) is 5.75 Å². The summed E-state index contributed by atoms with van der Waals surface area (Å²) in [5.41, 5.74) is 4.88. The monoisotopic (exact) mass is 400 g/mol. The number of carboxylic acid groups (broad SMARTS) is 1. The molecule has 0 saturated heterocycles. The summed E-state index contributed by atoms with van der Waals surface area (Å²) in [6, 6.07) is 17.0. The third-order valence-corrected chi connectivity index (χ3v) is 4.64. The highest BCUT2D eigenvalue weighted by molar-refractivity contribution is 5.97. The highest BCUT2D eigenvalue weighted by atomic mass is 19.4. The summed E-state index contributed by atoms with van der Waals surface area (Å²) >= 11 is 0. The van der Waals surface area contributed by atoms with E-state index in [0.29, 0.717) is 11.1 Å². The van der Waals surface area contributed by atoms with Gasteiger partial charge in [0.25, 0.3) is 0 Å². The van der Waals surface area contributed by atoms with E-state index < -0.39 is 18.1 Å². The molecule has 0 amide bonds. The van der Waals surface area contributed by atoms with Gasteiger partial charge in [-0.1, -0.05) is 49.4 Å². The van der Waals surface area contributed by atoms with Gasteiger partial charge >= 0.3 is 12.3 Å². The lowest BCUT2D eigenvalue weighted by atomic mass is 9.93. The fourth-order valence-electron chi connectivity index (χ4n) is 3.26. The molecule has 0 unspecified atom stereocenters. The second-order valence-corrected chi connectivity index (χ2v) is 6.64. The van der Waals surface area contributed by atoms with E-state index in [4.69, 9.17) is 0 Å². The Labute approximate surface area is 166 Å². The van der Waals surface area contributed by atoms with Gasteiger partial charge in [-0.3, -0.25) is 0 Å². The van der Waals surface area contributed by atoms with E-state index in [-0.39, 0.29) is 5.56 Å². The lowest BCUT2D eigenvalue weighted by Crippen LogP contribution is -2.17. The van der Waals surface area contributed by atoms with Crippen molar-refractivity contribution in [1.82, 2.24) is 0 Å². The number of halogens is 3. The van der Waals surface area contributed by atoms with Crippen LogP contribution in [0.3, 0.4) is 0 Å². The van der Waals surface area contributed by atoms with Crippen LogP contribution < -0.4 is 4.74 Å². The second kappa shape index (κ2) is 7.99. The van der Waals surface area contributed by atoms with Crippen LogP contribution in [-0.4, -0.2) is 17.4 Å². The zero-order valence-electron chi connectivity index (χ0n) is 15.9. The highest BCUT2D eigenvalue weighted by Crippen LogP contribution is 2.33. The van der Waals surface area contributed by atoms with Crippen LogP contribution in [0.5, 0.6) is 5.75 Å². The Kier molecular flexibility index (Phi) is 5.64. The van der Waals surface area contributed by atoms with Gasteiger partial charge < -0.3 is 9.84 Å². The average Bonchev–Trinajstić information content (AvgIpc) is 2.66. The molecule has 150 valence electrons. The zero-order valence-corrected chi connectivity index (χ0v) is 15.9. The minimum absolute atomic E-state index is 0.258. The Balaban J connectivity index is 2.02. The van der Waals surface area contributed by atoms with Crippen molar-refractivity contribution in [2.75, 3.05) is 0 Å². The molecule has 29 heavy (non-hydrogen) atoms. The summed E-state index contributed by atoms with van der Waals surface area (Å²) in [6.07, 6.45) is -3.97. The van der Waals surface area contributed by atoms with Crippen molar-refractivity contribution in [2.24, 2.45) is 0 Å². The first-order chi connectivity index (χ1) is 13.7. The second-order valence-electron chi connectivity index (χ2n) is 6.64. The highest BCUT2D eigenvalue weighted by Gasteiger charge is 2.31. The van der Waals surface area contributed by atoms with Gasteiger partial charge in [0.15, 0.2) is 0 Å². The Morgan fingerprint density at radius 3 is 2.28 bits per heavy atom. The zero-order chi connectivity index (χ0) is 21.2. The van der Waals surface area contributed by atoms with Gasteiger partial charge in [0, 0.05) is 0 Å². The minimum atomic E-state index is -4.89. The molecule has 0 atom stereocenters. The lowest BCUT2D eigenvalue weighted by molar-refractivity contribution is -0.274. The van der Waals surface area contributed by atoms with Gasteiger partial charge in [0.05, 0.1) is 5.56 Å². The van der Waals surface area contributed by atoms with E-state index in [1.54, 1.807) is 6.07 Å². The average molecular weight is 400 g/mol. The Hall–Kier alpha value is -3.28. The fraction of sp³-hybridized carbons (Fsp3) is 0.174. The van der Waals surface area contributed by atoms with Crippen LogP contribution in [0.2, 0.25) is 0 Å². The Bertz CT molecular complexity index is 1060. The molecule has 1 N–H and O–H groups in total. The van der Waals surface area contributed by atoms with Crippen molar-refractivity contribution in [3.05, 3.63) is 77.4 Å². The van der Waals surface area contributed by atoms with Crippen molar-refractivity contribution in [3.63, 3.8) is 0 Å². The molecular weight excluding hydrogens is 381 g/mol.